The number of para-hydroxylation sites is 1. The van der Waals surface area contributed by atoms with Gasteiger partial charge in [-0.15, -0.1) is 10.2 Å². The Morgan fingerprint density at radius 3 is 2.33 bits per heavy atom. The van der Waals surface area contributed by atoms with Crippen LogP contribution < -0.4 is 10.1 Å². The van der Waals surface area contributed by atoms with Gasteiger partial charge in [0.2, 0.25) is 0 Å². The van der Waals surface area contributed by atoms with Gasteiger partial charge in [-0.3, -0.25) is 19.5 Å². The quantitative estimate of drug-likeness (QED) is 0.110. The summed E-state index contributed by atoms with van der Waals surface area (Å²) in [6.07, 6.45) is 0.398. The number of hydrogen-bond donors (Lipinski definition) is 1. The van der Waals surface area contributed by atoms with Gasteiger partial charge in [0.05, 0.1) is 23.6 Å². The molecule has 0 spiro atoms. The van der Waals surface area contributed by atoms with Crippen molar-refractivity contribution in [3.8, 4) is 11.4 Å². The first-order valence-electron chi connectivity index (χ1n) is 13.0. The van der Waals surface area contributed by atoms with Crippen molar-refractivity contribution in [1.82, 2.24) is 20.1 Å². The van der Waals surface area contributed by atoms with Crippen LogP contribution in [0.15, 0.2) is 108 Å². The van der Waals surface area contributed by atoms with Gasteiger partial charge in [-0.25, -0.2) is 4.39 Å². The first kappa shape index (κ1) is 28.5. The second kappa shape index (κ2) is 13.1. The Hall–Kier alpha value is -5.03. The summed E-state index contributed by atoms with van der Waals surface area (Å²) in [4.78, 5) is 24.4. The lowest BCUT2D eigenvalue weighted by Gasteiger charge is -2.21. The third-order valence-corrected chi connectivity index (χ3v) is 7.51. The van der Waals surface area contributed by atoms with Crippen LogP contribution in [0, 0.1) is 15.9 Å². The molecule has 0 bridgehead atoms. The molecule has 9 nitrogen and oxygen atoms in total. The fourth-order valence-electron chi connectivity index (χ4n) is 4.42. The molecule has 1 heterocycles. The van der Waals surface area contributed by atoms with E-state index < -0.39 is 11.0 Å². The number of nitrogens with zero attached hydrogens (tertiary/aromatic N) is 4. The van der Waals surface area contributed by atoms with Crippen LogP contribution in [0.5, 0.6) is 5.75 Å². The molecule has 4 aromatic carbocycles. The number of ether oxygens (including phenoxy) is 1. The molecule has 0 aliphatic heterocycles. The van der Waals surface area contributed by atoms with Crippen molar-refractivity contribution in [2.24, 2.45) is 0 Å². The van der Waals surface area contributed by atoms with E-state index >= 15 is 0 Å². The van der Waals surface area contributed by atoms with Gasteiger partial charge in [0.25, 0.3) is 11.6 Å². The Balaban J connectivity index is 1.56. The molecule has 0 fully saturated rings. The molecule has 5 aromatic rings. The highest BCUT2D eigenvalue weighted by Gasteiger charge is 2.26. The van der Waals surface area contributed by atoms with Gasteiger partial charge >= 0.3 is 0 Å². The highest BCUT2D eigenvalue weighted by molar-refractivity contribution is 7.98. The molecule has 1 amide bonds. The first-order chi connectivity index (χ1) is 20.4. The van der Waals surface area contributed by atoms with E-state index in [1.165, 1.54) is 43.1 Å². The number of aromatic nitrogens is 3. The summed E-state index contributed by atoms with van der Waals surface area (Å²) < 4.78 is 20.6. The molecule has 0 aliphatic carbocycles. The number of nitrogens with one attached hydrogen (secondary N) is 1. The maximum Gasteiger partial charge on any atom is 0.269 e. The van der Waals surface area contributed by atoms with Crippen LogP contribution in [0.1, 0.15) is 33.4 Å². The molecule has 0 aliphatic rings. The van der Waals surface area contributed by atoms with Crippen LogP contribution in [0.4, 0.5) is 10.1 Å². The van der Waals surface area contributed by atoms with E-state index in [1.54, 1.807) is 53.1 Å². The molecule has 1 aromatic heterocycles. The molecular formula is C31H26FN5O4S. The molecular weight excluding hydrogens is 557 g/mol. The lowest BCUT2D eigenvalue weighted by molar-refractivity contribution is -0.384. The van der Waals surface area contributed by atoms with E-state index in [0.29, 0.717) is 40.2 Å². The summed E-state index contributed by atoms with van der Waals surface area (Å²) in [6, 6.07) is 28.2. The van der Waals surface area contributed by atoms with Gasteiger partial charge < -0.3 is 10.1 Å². The number of methoxy groups -OCH3 is 1. The van der Waals surface area contributed by atoms with Crippen molar-refractivity contribution in [3.63, 3.8) is 0 Å². The van der Waals surface area contributed by atoms with Gasteiger partial charge in [-0.2, -0.15) is 0 Å². The van der Waals surface area contributed by atoms with Gasteiger partial charge in [-0.1, -0.05) is 66.4 Å². The first-order valence-corrected chi connectivity index (χ1v) is 14.0. The average molecular weight is 584 g/mol. The van der Waals surface area contributed by atoms with E-state index in [0.717, 1.165) is 11.1 Å². The number of non-ortho nitro benzene ring substituents is 1. The molecule has 0 saturated heterocycles. The number of nitro benzene ring substituents is 1. The molecule has 0 saturated carbocycles. The summed E-state index contributed by atoms with van der Waals surface area (Å²) in [6.45, 7) is 0. The lowest BCUT2D eigenvalue weighted by Crippen LogP contribution is -2.32. The zero-order valence-corrected chi connectivity index (χ0v) is 23.3. The molecule has 11 heteroatoms. The normalized spacial score (nSPS) is 11.6. The topological polar surface area (TPSA) is 112 Å². The number of nitro groups is 1. The number of carbonyl (C=O) groups is 1. The number of halogens is 1. The van der Waals surface area contributed by atoms with Gasteiger partial charge in [0, 0.05) is 23.6 Å². The molecule has 1 N–H and O–H groups in total. The maximum absolute atomic E-state index is 13.6. The highest BCUT2D eigenvalue weighted by atomic mass is 32.2. The molecule has 42 heavy (non-hydrogen) atoms. The Morgan fingerprint density at radius 2 is 1.64 bits per heavy atom. The maximum atomic E-state index is 13.6. The van der Waals surface area contributed by atoms with Crippen LogP contribution in [-0.4, -0.2) is 32.7 Å². The number of hydrogen-bond acceptors (Lipinski definition) is 7. The fraction of sp³-hybridized carbons (Fsp3) is 0.129. The summed E-state index contributed by atoms with van der Waals surface area (Å²) in [5.41, 5.74) is 2.74. The molecule has 0 radical (unpaired) electrons. The molecule has 1 unspecified atom stereocenters. The number of amides is 1. The zero-order valence-electron chi connectivity index (χ0n) is 22.5. The zero-order chi connectivity index (χ0) is 29.5. The van der Waals surface area contributed by atoms with Crippen molar-refractivity contribution in [2.45, 2.75) is 23.4 Å². The highest BCUT2D eigenvalue weighted by Crippen LogP contribution is 2.30. The van der Waals surface area contributed by atoms with Crippen molar-refractivity contribution < 1.29 is 18.8 Å². The number of rotatable bonds is 11. The van der Waals surface area contributed by atoms with Crippen LogP contribution in [0.25, 0.3) is 5.69 Å². The monoisotopic (exact) mass is 583 g/mol. The predicted molar refractivity (Wildman–Crippen MR) is 157 cm³/mol. The second-order valence-corrected chi connectivity index (χ2v) is 10.2. The van der Waals surface area contributed by atoms with Crippen LogP contribution in [0.3, 0.4) is 0 Å². The third-order valence-electron chi connectivity index (χ3n) is 6.51. The minimum Gasteiger partial charge on any atom is -0.496 e. The van der Waals surface area contributed by atoms with Gasteiger partial charge in [0.15, 0.2) is 11.0 Å². The summed E-state index contributed by atoms with van der Waals surface area (Å²) in [7, 11) is 1.50. The summed E-state index contributed by atoms with van der Waals surface area (Å²) in [5.74, 6) is 0.669. The van der Waals surface area contributed by atoms with E-state index in [2.05, 4.69) is 15.5 Å². The van der Waals surface area contributed by atoms with Gasteiger partial charge in [-0.05, 0) is 53.9 Å². The Morgan fingerprint density at radius 1 is 0.952 bits per heavy atom. The van der Waals surface area contributed by atoms with Crippen LogP contribution >= 0.6 is 11.8 Å². The van der Waals surface area contributed by atoms with E-state index in [4.69, 9.17) is 4.74 Å². The van der Waals surface area contributed by atoms with E-state index in [-0.39, 0.29) is 17.4 Å². The lowest BCUT2D eigenvalue weighted by atomic mass is 10.0. The Labute approximate surface area is 245 Å². The molecule has 1 atom stereocenters. The molecule has 212 valence electrons. The Kier molecular flexibility index (Phi) is 8.88. The fourth-order valence-corrected chi connectivity index (χ4v) is 5.33. The number of carbonyl (C=O) groups excluding carboxylic acids is 1. The van der Waals surface area contributed by atoms with Crippen molar-refractivity contribution in [1.29, 1.82) is 0 Å². The second-order valence-electron chi connectivity index (χ2n) is 9.28. The average Bonchev–Trinajstić information content (AvgIpc) is 3.45. The van der Waals surface area contributed by atoms with E-state index in [1.807, 2.05) is 30.3 Å². The van der Waals surface area contributed by atoms with Crippen molar-refractivity contribution in [2.75, 3.05) is 7.11 Å². The number of thioether (sulfide) groups is 1. The summed E-state index contributed by atoms with van der Waals surface area (Å²) >= 11 is 1.38. The Bertz CT molecular complexity index is 1680. The smallest absolute Gasteiger partial charge is 0.269 e. The van der Waals surface area contributed by atoms with Crippen molar-refractivity contribution in [3.05, 3.63) is 142 Å². The third kappa shape index (κ3) is 6.64. The number of benzene rings is 4. The molecule has 5 rings (SSSR count). The van der Waals surface area contributed by atoms with Crippen LogP contribution in [0.2, 0.25) is 0 Å². The largest absolute Gasteiger partial charge is 0.496 e. The predicted octanol–water partition coefficient (Wildman–Crippen LogP) is 6.33. The van der Waals surface area contributed by atoms with Crippen LogP contribution in [-0.2, 0) is 12.2 Å². The van der Waals surface area contributed by atoms with E-state index in [9.17, 15) is 19.3 Å². The van der Waals surface area contributed by atoms with Crippen molar-refractivity contribution >= 4 is 23.4 Å². The van der Waals surface area contributed by atoms with Gasteiger partial charge in [0.1, 0.15) is 11.6 Å². The minimum atomic E-state index is -0.632. The minimum absolute atomic E-state index is 0.0563. The SMILES string of the molecule is COc1ccccc1C(=O)NC(Cc1ccccc1)c1nnc(SCc2ccc(F)cc2)n1-c1ccc([N+](=O)[O-])cc1. The standard InChI is InChI=1S/C31H26FN5O4S/c1-41-28-10-6-5-9-26(28)30(38)33-27(19-21-7-3-2-4-8-21)29-34-35-31(42-20-22-11-13-23(32)14-12-22)36(29)24-15-17-25(18-16-24)37(39)40/h2-18,27H,19-20H2,1H3,(H,33,38). The summed E-state index contributed by atoms with van der Waals surface area (Å²) in [5, 5.41) is 23.9.